The molecule has 1 nitrogen and oxygen atoms in total. The second kappa shape index (κ2) is 8.40. The second-order valence-electron chi connectivity index (χ2n) is 6.38. The Bertz CT molecular complexity index is 487. The van der Waals surface area contributed by atoms with Crippen molar-refractivity contribution >= 4 is 10.0 Å². The Labute approximate surface area is 137 Å². The van der Waals surface area contributed by atoms with E-state index in [4.69, 9.17) is 5.11 Å². The molecule has 0 spiro atoms. The van der Waals surface area contributed by atoms with E-state index >= 15 is 0 Å². The third kappa shape index (κ3) is 4.37. The lowest BCUT2D eigenvalue weighted by Crippen LogP contribution is -2.24. The van der Waals surface area contributed by atoms with E-state index in [0.29, 0.717) is 6.61 Å². The predicted octanol–water partition coefficient (Wildman–Crippen LogP) is 5.73. The first-order chi connectivity index (χ1) is 10.4. The molecule has 0 bridgehead atoms. The highest BCUT2D eigenvalue weighted by Gasteiger charge is 2.35. The van der Waals surface area contributed by atoms with Crippen molar-refractivity contribution in [1.82, 2.24) is 0 Å². The molecule has 1 N–H and O–H groups in total. The van der Waals surface area contributed by atoms with Gasteiger partial charge in [-0.05, 0) is 51.5 Å². The van der Waals surface area contributed by atoms with E-state index in [1.54, 1.807) is 0 Å². The highest BCUT2D eigenvalue weighted by atomic mass is 32.3. The van der Waals surface area contributed by atoms with Crippen LogP contribution in [-0.2, 0) is 0 Å². The van der Waals surface area contributed by atoms with Crippen LogP contribution in [0.25, 0.3) is 0 Å². The molecule has 2 rings (SSSR count). The Hall–Kier alpha value is -1.25. The summed E-state index contributed by atoms with van der Waals surface area (Å²) in [6.07, 6.45) is 3.30. The van der Waals surface area contributed by atoms with Gasteiger partial charge in [0.05, 0.1) is 0 Å². The molecule has 0 aromatic heterocycles. The molecule has 0 radical (unpaired) electrons. The molecule has 0 unspecified atom stereocenters. The molecule has 0 saturated heterocycles. The van der Waals surface area contributed by atoms with Crippen molar-refractivity contribution in [3.8, 4) is 0 Å². The van der Waals surface area contributed by atoms with Gasteiger partial charge in [0.2, 0.25) is 0 Å². The molecule has 0 amide bonds. The van der Waals surface area contributed by atoms with Crippen molar-refractivity contribution in [3.63, 3.8) is 0 Å². The normalized spacial score (nSPS) is 12.3. The highest BCUT2D eigenvalue weighted by Crippen LogP contribution is 2.67. The van der Waals surface area contributed by atoms with Crippen molar-refractivity contribution in [3.05, 3.63) is 60.7 Å². The molecule has 0 aliphatic heterocycles. The van der Waals surface area contributed by atoms with Crippen LogP contribution in [0.4, 0.5) is 0 Å². The van der Waals surface area contributed by atoms with Crippen molar-refractivity contribution in [2.24, 2.45) is 0 Å². The first kappa shape index (κ1) is 18.8. The Morgan fingerprint density at radius 2 is 1.14 bits per heavy atom. The van der Waals surface area contributed by atoms with Crippen molar-refractivity contribution < 1.29 is 5.11 Å². The minimum absolute atomic E-state index is 0.246. The summed E-state index contributed by atoms with van der Waals surface area (Å²) >= 11 is 0. The van der Waals surface area contributed by atoms with Gasteiger partial charge in [0.25, 0.3) is 0 Å². The van der Waals surface area contributed by atoms with Gasteiger partial charge >= 0.3 is 0 Å². The van der Waals surface area contributed by atoms with E-state index in [1.165, 1.54) is 9.79 Å². The Kier molecular flexibility index (Phi) is 7.18. The van der Waals surface area contributed by atoms with Crippen molar-refractivity contribution in [2.75, 3.05) is 12.9 Å². The largest absolute Gasteiger partial charge is 0.396 e. The molecule has 0 heterocycles. The third-order valence-corrected chi connectivity index (χ3v) is 8.76. The van der Waals surface area contributed by atoms with E-state index in [2.05, 4.69) is 87.7 Å². The summed E-state index contributed by atoms with van der Waals surface area (Å²) in [5.74, 6) is 0. The van der Waals surface area contributed by atoms with Gasteiger partial charge in [0.1, 0.15) is 0 Å². The average molecular weight is 319 g/mol. The molecule has 2 aromatic rings. The Morgan fingerprint density at radius 1 is 0.818 bits per heavy atom. The van der Waals surface area contributed by atoms with Crippen molar-refractivity contribution in [2.45, 2.75) is 48.7 Å². The van der Waals surface area contributed by atoms with Crippen LogP contribution in [0, 0.1) is 0 Å². The van der Waals surface area contributed by atoms with Gasteiger partial charge in [-0.25, -0.2) is 0 Å². The smallest absolute Gasteiger partial charge is 0.0428 e. The van der Waals surface area contributed by atoms with Gasteiger partial charge in [-0.15, -0.1) is 0 Å². The second-order valence-corrected chi connectivity index (χ2v) is 10.4. The summed E-state index contributed by atoms with van der Waals surface area (Å²) in [6.45, 7) is 9.30. The van der Waals surface area contributed by atoms with E-state index < -0.39 is 10.0 Å². The van der Waals surface area contributed by atoms with Crippen LogP contribution in [0.15, 0.2) is 70.5 Å². The fourth-order valence-corrected chi connectivity index (χ4v) is 5.32. The maximum atomic E-state index is 7.88. The summed E-state index contributed by atoms with van der Waals surface area (Å²) < 4.78 is 0.246. The van der Waals surface area contributed by atoms with Crippen LogP contribution >= 0.6 is 10.0 Å². The molecule has 0 saturated carbocycles. The number of aliphatic hydroxyl groups is 1. The highest BCUT2D eigenvalue weighted by molar-refractivity contribution is 8.34. The van der Waals surface area contributed by atoms with E-state index in [0.717, 1.165) is 6.42 Å². The summed E-state index contributed by atoms with van der Waals surface area (Å²) in [5.41, 5.74) is 0. The van der Waals surface area contributed by atoms with Gasteiger partial charge in [-0.2, -0.15) is 10.0 Å². The zero-order valence-corrected chi connectivity index (χ0v) is 15.4. The van der Waals surface area contributed by atoms with Crippen LogP contribution in [0.3, 0.4) is 0 Å². The summed E-state index contributed by atoms with van der Waals surface area (Å²) in [4.78, 5) is 2.92. The topological polar surface area (TPSA) is 20.2 Å². The number of aliphatic hydroxyl groups excluding tert-OH is 1. The predicted molar refractivity (Wildman–Crippen MR) is 100 cm³/mol. The summed E-state index contributed by atoms with van der Waals surface area (Å²) in [7, 11) is -1.01. The fraction of sp³-hybridized carbons (Fsp3) is 0.400. The monoisotopic (exact) mass is 318 g/mol. The Balaban J connectivity index is 0.000000541. The molecular formula is C20H30OS. The number of hydrogen-bond donors (Lipinski definition) is 1. The minimum atomic E-state index is -1.01. The van der Waals surface area contributed by atoms with Crippen LogP contribution in [0.2, 0.25) is 0 Å². The van der Waals surface area contributed by atoms with Crippen LogP contribution in [0.5, 0.6) is 0 Å². The van der Waals surface area contributed by atoms with Crippen molar-refractivity contribution in [1.29, 1.82) is 0 Å². The lowest BCUT2D eigenvalue weighted by atomic mass is 10.3. The molecule has 2 aromatic carbocycles. The fourth-order valence-electron chi connectivity index (χ4n) is 2.23. The summed E-state index contributed by atoms with van der Waals surface area (Å²) in [6, 6.07) is 21.9. The molecule has 22 heavy (non-hydrogen) atoms. The SMILES string of the molecule is CC(C)(C)S(C)(c1ccccc1)c1ccccc1.CCCO. The molecule has 0 aliphatic carbocycles. The molecule has 122 valence electrons. The van der Waals surface area contributed by atoms with Crippen LogP contribution in [-0.4, -0.2) is 22.7 Å². The van der Waals surface area contributed by atoms with Crippen LogP contribution in [0.1, 0.15) is 34.1 Å². The quantitative estimate of drug-likeness (QED) is 0.766. The first-order valence-electron chi connectivity index (χ1n) is 7.87. The lowest BCUT2D eigenvalue weighted by molar-refractivity contribution is 0.295. The zero-order valence-electron chi connectivity index (χ0n) is 14.5. The molecule has 0 atom stereocenters. The number of benzene rings is 2. The number of hydrogen-bond acceptors (Lipinski definition) is 1. The maximum absolute atomic E-state index is 7.88. The zero-order chi connectivity index (χ0) is 16.6. The lowest BCUT2D eigenvalue weighted by Gasteiger charge is -2.48. The maximum Gasteiger partial charge on any atom is 0.0428 e. The minimum Gasteiger partial charge on any atom is -0.396 e. The van der Waals surface area contributed by atoms with Gasteiger partial charge in [-0.1, -0.05) is 64.1 Å². The first-order valence-corrected chi connectivity index (χ1v) is 9.91. The number of rotatable bonds is 3. The van der Waals surface area contributed by atoms with E-state index in [-0.39, 0.29) is 4.75 Å². The molecule has 0 fully saturated rings. The standard InChI is InChI=1S/C17H22S.C3H8O/c1-17(2,3)18(4,15-11-7-5-8-12-15)16-13-9-6-10-14-16;1-2-3-4/h5-14H,1-4H3;4H,2-3H2,1H3. The van der Waals surface area contributed by atoms with Gasteiger partial charge in [-0.3, -0.25) is 0 Å². The average Bonchev–Trinajstić information content (AvgIpc) is 2.55. The molecule has 2 heteroatoms. The van der Waals surface area contributed by atoms with E-state index in [1.807, 2.05) is 6.92 Å². The van der Waals surface area contributed by atoms with E-state index in [9.17, 15) is 0 Å². The van der Waals surface area contributed by atoms with Gasteiger partial charge in [0.15, 0.2) is 0 Å². The van der Waals surface area contributed by atoms with Crippen LogP contribution < -0.4 is 0 Å². The molecular weight excluding hydrogens is 288 g/mol. The van der Waals surface area contributed by atoms with Gasteiger partial charge < -0.3 is 5.11 Å². The molecule has 0 aliphatic rings. The third-order valence-electron chi connectivity index (χ3n) is 3.88. The van der Waals surface area contributed by atoms with Gasteiger partial charge in [0, 0.05) is 6.61 Å². The summed E-state index contributed by atoms with van der Waals surface area (Å²) in [5, 5.41) is 7.88. The Morgan fingerprint density at radius 3 is 1.36 bits per heavy atom.